The molecule has 0 aromatic heterocycles. The molecular weight excluding hydrogens is 215 g/mol. The molecule has 0 saturated carbocycles. The van der Waals surface area contributed by atoms with E-state index in [4.69, 9.17) is 32.7 Å². The second-order valence-electron chi connectivity index (χ2n) is 3.46. The average Bonchev–Trinajstić information content (AvgIpc) is 2.54. The van der Waals surface area contributed by atoms with Gasteiger partial charge in [0, 0.05) is 0 Å². The van der Waals surface area contributed by atoms with Crippen LogP contribution in [0.15, 0.2) is 0 Å². The summed E-state index contributed by atoms with van der Waals surface area (Å²) in [5, 5.41) is 0. The summed E-state index contributed by atoms with van der Waals surface area (Å²) in [4.78, 5) is 10.5. The fourth-order valence-corrected chi connectivity index (χ4v) is 1.73. The summed E-state index contributed by atoms with van der Waals surface area (Å²) >= 11 is 11.0. The van der Waals surface area contributed by atoms with Crippen molar-refractivity contribution in [3.63, 3.8) is 0 Å². The van der Waals surface area contributed by atoms with E-state index < -0.39 is 16.5 Å². The number of alkyl halides is 2. The van der Waals surface area contributed by atoms with Crippen LogP contribution in [0.5, 0.6) is 0 Å². The molecule has 0 N–H and O–H groups in total. The highest BCUT2D eigenvalue weighted by Crippen LogP contribution is 2.31. The highest BCUT2D eigenvalue weighted by atomic mass is 35.5. The third-order valence-corrected chi connectivity index (χ3v) is 2.44. The molecule has 13 heavy (non-hydrogen) atoms. The summed E-state index contributed by atoms with van der Waals surface area (Å²) < 4.78 is 10.5. The van der Waals surface area contributed by atoms with Crippen LogP contribution < -0.4 is 0 Å². The molecule has 0 atom stereocenters. The van der Waals surface area contributed by atoms with Crippen molar-refractivity contribution in [2.24, 2.45) is 5.41 Å². The lowest BCUT2D eigenvalue weighted by molar-refractivity contribution is -0.153. The Morgan fingerprint density at radius 3 is 2.23 bits per heavy atom. The van der Waals surface area contributed by atoms with Crippen molar-refractivity contribution >= 4 is 29.0 Å². The molecule has 0 unspecified atom stereocenters. The van der Waals surface area contributed by atoms with E-state index in [1.807, 2.05) is 0 Å². The summed E-state index contributed by atoms with van der Waals surface area (Å²) in [5.74, 6) is -0.275. The van der Waals surface area contributed by atoms with Gasteiger partial charge in [-0.3, -0.25) is 4.79 Å². The molecule has 1 aliphatic heterocycles. The average molecular weight is 227 g/mol. The molecule has 0 spiro atoms. The highest BCUT2D eigenvalue weighted by Gasteiger charge is 2.42. The Balaban J connectivity index is 2.68. The fraction of sp³-hybridized carbons (Fsp3) is 0.875. The molecule has 3 nitrogen and oxygen atoms in total. The van der Waals surface area contributed by atoms with Gasteiger partial charge in [-0.25, -0.2) is 0 Å². The minimum absolute atomic E-state index is 0.275. The van der Waals surface area contributed by atoms with Crippen LogP contribution >= 0.6 is 23.2 Å². The molecule has 0 bridgehead atoms. The fourth-order valence-electron chi connectivity index (χ4n) is 1.17. The number of hydrogen-bond acceptors (Lipinski definition) is 3. The first-order chi connectivity index (χ1) is 5.96. The standard InChI is InChI=1S/C8H12Cl2O3/c1-8(2,5(11)6(9)10)7-12-3-4-13-7/h6-7H,3-4H2,1-2H3. The molecule has 0 aliphatic carbocycles. The molecule has 1 rings (SSSR count). The number of halogens is 2. The predicted molar refractivity (Wildman–Crippen MR) is 50.0 cm³/mol. The number of Topliss-reactive ketones (excluding diaryl/α,β-unsaturated/α-hetero) is 1. The minimum Gasteiger partial charge on any atom is -0.349 e. The van der Waals surface area contributed by atoms with Gasteiger partial charge in [-0.15, -0.1) is 0 Å². The Morgan fingerprint density at radius 2 is 1.85 bits per heavy atom. The van der Waals surface area contributed by atoms with Crippen molar-refractivity contribution < 1.29 is 14.3 Å². The third-order valence-electron chi connectivity index (χ3n) is 2.04. The zero-order valence-corrected chi connectivity index (χ0v) is 9.06. The lowest BCUT2D eigenvalue weighted by atomic mass is 9.88. The van der Waals surface area contributed by atoms with Gasteiger partial charge in [0.1, 0.15) is 0 Å². The second-order valence-corrected chi connectivity index (χ2v) is 4.56. The van der Waals surface area contributed by atoms with Gasteiger partial charge >= 0.3 is 0 Å². The van der Waals surface area contributed by atoms with Crippen molar-refractivity contribution in [3.05, 3.63) is 0 Å². The van der Waals surface area contributed by atoms with Crippen molar-refractivity contribution in [2.45, 2.75) is 25.0 Å². The number of ketones is 1. The van der Waals surface area contributed by atoms with Gasteiger partial charge in [-0.1, -0.05) is 23.2 Å². The van der Waals surface area contributed by atoms with Crippen molar-refractivity contribution in [2.75, 3.05) is 13.2 Å². The van der Waals surface area contributed by atoms with E-state index >= 15 is 0 Å². The Kier molecular flexibility index (Phi) is 3.57. The largest absolute Gasteiger partial charge is 0.349 e. The van der Waals surface area contributed by atoms with Gasteiger partial charge in [-0.05, 0) is 13.8 Å². The second kappa shape index (κ2) is 4.13. The van der Waals surface area contributed by atoms with Gasteiger partial charge < -0.3 is 9.47 Å². The van der Waals surface area contributed by atoms with Gasteiger partial charge in [0.25, 0.3) is 0 Å². The lowest BCUT2D eigenvalue weighted by Crippen LogP contribution is -2.40. The molecule has 1 aliphatic rings. The van der Waals surface area contributed by atoms with Crippen molar-refractivity contribution in [1.29, 1.82) is 0 Å². The normalized spacial score (nSPS) is 19.8. The molecule has 0 amide bonds. The van der Waals surface area contributed by atoms with Gasteiger partial charge in [0.15, 0.2) is 16.9 Å². The first kappa shape index (κ1) is 11.2. The number of carbonyl (C=O) groups is 1. The summed E-state index contributed by atoms with van der Waals surface area (Å²) in [6, 6.07) is 0. The van der Waals surface area contributed by atoms with E-state index in [9.17, 15) is 4.79 Å². The van der Waals surface area contributed by atoms with E-state index in [2.05, 4.69) is 0 Å². The molecule has 1 heterocycles. The van der Waals surface area contributed by atoms with Crippen LogP contribution in [0.4, 0.5) is 0 Å². The number of rotatable bonds is 3. The van der Waals surface area contributed by atoms with Crippen LogP contribution in [0.1, 0.15) is 13.8 Å². The molecule has 1 saturated heterocycles. The zero-order valence-electron chi connectivity index (χ0n) is 7.55. The van der Waals surface area contributed by atoms with Crippen LogP contribution in [0.2, 0.25) is 0 Å². The number of carbonyl (C=O) groups excluding carboxylic acids is 1. The predicted octanol–water partition coefficient (Wildman–Crippen LogP) is 1.76. The summed E-state index contributed by atoms with van der Waals surface area (Å²) in [6.45, 7) is 4.44. The molecule has 0 aromatic carbocycles. The zero-order chi connectivity index (χ0) is 10.1. The maximum absolute atomic E-state index is 11.5. The topological polar surface area (TPSA) is 35.5 Å². The van der Waals surface area contributed by atoms with E-state index in [0.29, 0.717) is 13.2 Å². The monoisotopic (exact) mass is 226 g/mol. The van der Waals surface area contributed by atoms with Crippen LogP contribution in [0.3, 0.4) is 0 Å². The Bertz CT molecular complexity index is 198. The molecule has 76 valence electrons. The Labute approximate surface area is 87.3 Å². The van der Waals surface area contributed by atoms with E-state index in [1.54, 1.807) is 13.8 Å². The van der Waals surface area contributed by atoms with Crippen molar-refractivity contribution in [3.8, 4) is 0 Å². The summed E-state index contributed by atoms with van der Waals surface area (Å²) in [5.41, 5.74) is -0.787. The van der Waals surface area contributed by atoms with Gasteiger partial charge in [0.05, 0.1) is 18.6 Å². The van der Waals surface area contributed by atoms with E-state index in [1.165, 1.54) is 0 Å². The third kappa shape index (κ3) is 2.34. The van der Waals surface area contributed by atoms with Gasteiger partial charge in [-0.2, -0.15) is 0 Å². The summed E-state index contributed by atoms with van der Waals surface area (Å²) in [6.07, 6.45) is -0.528. The SMILES string of the molecule is CC(C)(C(=O)C(Cl)Cl)C1OCCO1. The van der Waals surface area contributed by atoms with Gasteiger partial charge in [0.2, 0.25) is 0 Å². The maximum atomic E-state index is 11.5. The first-order valence-electron chi connectivity index (χ1n) is 4.02. The first-order valence-corrected chi connectivity index (χ1v) is 4.89. The Morgan fingerprint density at radius 1 is 1.38 bits per heavy atom. The number of hydrogen-bond donors (Lipinski definition) is 0. The Hall–Kier alpha value is 0.170. The van der Waals surface area contributed by atoms with Crippen LogP contribution in [-0.4, -0.2) is 30.1 Å². The highest BCUT2D eigenvalue weighted by molar-refractivity contribution is 6.54. The van der Waals surface area contributed by atoms with Crippen molar-refractivity contribution in [1.82, 2.24) is 0 Å². The van der Waals surface area contributed by atoms with Crippen LogP contribution in [0.25, 0.3) is 0 Å². The minimum atomic E-state index is -1.03. The lowest BCUT2D eigenvalue weighted by Gasteiger charge is -2.28. The smallest absolute Gasteiger partial charge is 0.176 e. The molecule has 0 aromatic rings. The van der Waals surface area contributed by atoms with E-state index in [0.717, 1.165) is 0 Å². The quantitative estimate of drug-likeness (QED) is 0.689. The molecule has 1 fully saturated rings. The number of ether oxygens (including phenoxy) is 2. The molecule has 0 radical (unpaired) electrons. The summed E-state index contributed by atoms with van der Waals surface area (Å²) in [7, 11) is 0. The maximum Gasteiger partial charge on any atom is 0.176 e. The molecular formula is C8H12Cl2O3. The van der Waals surface area contributed by atoms with E-state index in [-0.39, 0.29) is 5.78 Å². The van der Waals surface area contributed by atoms with Crippen LogP contribution in [-0.2, 0) is 14.3 Å². The van der Waals surface area contributed by atoms with Crippen LogP contribution in [0, 0.1) is 5.41 Å². The molecule has 5 heteroatoms.